The number of hydrogen-bond acceptors (Lipinski definition) is 3. The van der Waals surface area contributed by atoms with Crippen molar-refractivity contribution in [1.82, 2.24) is 9.78 Å². The van der Waals surface area contributed by atoms with E-state index < -0.39 is 9.84 Å². The minimum atomic E-state index is -3.47. The standard InChI is InChI=1S/C18H15Cl3N2O2S/c1-12-15(18(21)23(22-12)14-5-3-2-4-6-14)11-26(24,25)10-13-7-8-16(19)17(20)9-13/h2-9H,10-11H2,1H3. The molecule has 4 nitrogen and oxygen atoms in total. The Bertz CT molecular complexity index is 1050. The van der Waals surface area contributed by atoms with Gasteiger partial charge in [-0.15, -0.1) is 0 Å². The number of benzene rings is 2. The predicted octanol–water partition coefficient (Wildman–Crippen LogP) is 5.26. The normalized spacial score (nSPS) is 11.7. The lowest BCUT2D eigenvalue weighted by Crippen LogP contribution is -2.08. The summed E-state index contributed by atoms with van der Waals surface area (Å²) < 4.78 is 26.8. The Morgan fingerprint density at radius 3 is 2.31 bits per heavy atom. The van der Waals surface area contributed by atoms with Crippen molar-refractivity contribution in [2.45, 2.75) is 18.4 Å². The third-order valence-corrected chi connectivity index (χ3v) is 6.49. The highest BCUT2D eigenvalue weighted by Gasteiger charge is 2.22. The number of para-hydroxylation sites is 1. The third-order valence-electron chi connectivity index (χ3n) is 3.86. The van der Waals surface area contributed by atoms with Gasteiger partial charge in [0.05, 0.1) is 32.9 Å². The van der Waals surface area contributed by atoms with Gasteiger partial charge in [-0.2, -0.15) is 5.10 Å². The molecule has 0 spiro atoms. The molecule has 0 N–H and O–H groups in total. The van der Waals surface area contributed by atoms with Gasteiger partial charge in [-0.3, -0.25) is 0 Å². The SMILES string of the molecule is Cc1nn(-c2ccccc2)c(Cl)c1CS(=O)(=O)Cc1ccc(Cl)c(Cl)c1. The van der Waals surface area contributed by atoms with Gasteiger partial charge in [0, 0.05) is 5.56 Å². The number of sulfone groups is 1. The van der Waals surface area contributed by atoms with Crippen molar-refractivity contribution in [3.8, 4) is 5.69 Å². The molecule has 0 fully saturated rings. The van der Waals surface area contributed by atoms with E-state index in [4.69, 9.17) is 34.8 Å². The minimum absolute atomic E-state index is 0.157. The predicted molar refractivity (Wildman–Crippen MR) is 106 cm³/mol. The first-order chi connectivity index (χ1) is 12.3. The molecule has 8 heteroatoms. The lowest BCUT2D eigenvalue weighted by Gasteiger charge is -2.07. The van der Waals surface area contributed by atoms with Crippen LogP contribution in [0.5, 0.6) is 0 Å². The first-order valence-electron chi connectivity index (χ1n) is 7.70. The first-order valence-corrected chi connectivity index (χ1v) is 10.7. The molecular formula is C18H15Cl3N2O2S. The van der Waals surface area contributed by atoms with Crippen LogP contribution in [-0.2, 0) is 21.3 Å². The van der Waals surface area contributed by atoms with Gasteiger partial charge in [-0.1, -0.05) is 59.1 Å². The molecule has 0 unspecified atom stereocenters. The molecule has 0 aliphatic rings. The second-order valence-corrected chi connectivity index (χ2v) is 9.12. The zero-order valence-electron chi connectivity index (χ0n) is 13.8. The molecule has 26 heavy (non-hydrogen) atoms. The van der Waals surface area contributed by atoms with E-state index in [1.807, 2.05) is 30.3 Å². The molecule has 0 amide bonds. The van der Waals surface area contributed by atoms with Crippen molar-refractivity contribution >= 4 is 44.6 Å². The molecule has 2 aromatic carbocycles. The fourth-order valence-corrected chi connectivity index (χ4v) is 4.90. The summed E-state index contributed by atoms with van der Waals surface area (Å²) in [7, 11) is -3.47. The fourth-order valence-electron chi connectivity index (χ4n) is 2.59. The van der Waals surface area contributed by atoms with Crippen LogP contribution >= 0.6 is 34.8 Å². The Kier molecular flexibility index (Phi) is 5.63. The highest BCUT2D eigenvalue weighted by Crippen LogP contribution is 2.28. The van der Waals surface area contributed by atoms with E-state index in [2.05, 4.69) is 5.10 Å². The summed E-state index contributed by atoms with van der Waals surface area (Å²) in [5, 5.41) is 5.39. The van der Waals surface area contributed by atoms with Gasteiger partial charge in [0.1, 0.15) is 5.15 Å². The summed E-state index contributed by atoms with van der Waals surface area (Å²) in [6.45, 7) is 1.75. The Hall–Kier alpha value is -1.53. The molecule has 1 heterocycles. The van der Waals surface area contributed by atoms with Crippen molar-refractivity contribution in [3.63, 3.8) is 0 Å². The molecule has 0 atom stereocenters. The summed E-state index contributed by atoms with van der Waals surface area (Å²) in [5.41, 5.74) is 2.42. The van der Waals surface area contributed by atoms with E-state index in [-0.39, 0.29) is 11.5 Å². The maximum atomic E-state index is 12.6. The van der Waals surface area contributed by atoms with Crippen LogP contribution in [0.15, 0.2) is 48.5 Å². The van der Waals surface area contributed by atoms with Crippen molar-refractivity contribution < 1.29 is 8.42 Å². The number of rotatable bonds is 5. The van der Waals surface area contributed by atoms with E-state index in [0.717, 1.165) is 5.69 Å². The average molecular weight is 430 g/mol. The highest BCUT2D eigenvalue weighted by atomic mass is 35.5. The van der Waals surface area contributed by atoms with Crippen LogP contribution in [0.2, 0.25) is 15.2 Å². The van der Waals surface area contributed by atoms with E-state index in [1.165, 1.54) is 0 Å². The van der Waals surface area contributed by atoms with Gasteiger partial charge in [0.2, 0.25) is 0 Å². The summed E-state index contributed by atoms with van der Waals surface area (Å²) in [5.74, 6) is -0.360. The molecule has 0 saturated heterocycles. The fraction of sp³-hybridized carbons (Fsp3) is 0.167. The summed E-state index contributed by atoms with van der Waals surface area (Å²) in [6.07, 6.45) is 0. The van der Waals surface area contributed by atoms with Crippen molar-refractivity contribution in [3.05, 3.63) is 80.6 Å². The van der Waals surface area contributed by atoms with E-state index in [9.17, 15) is 8.42 Å². The lowest BCUT2D eigenvalue weighted by molar-refractivity contribution is 0.594. The van der Waals surface area contributed by atoms with Crippen molar-refractivity contribution in [2.24, 2.45) is 0 Å². The molecule has 0 aliphatic heterocycles. The van der Waals surface area contributed by atoms with Crippen molar-refractivity contribution in [2.75, 3.05) is 0 Å². The van der Waals surface area contributed by atoms with Gasteiger partial charge < -0.3 is 0 Å². The van der Waals surface area contributed by atoms with E-state index >= 15 is 0 Å². The topological polar surface area (TPSA) is 52.0 Å². The van der Waals surface area contributed by atoms with Crippen LogP contribution in [-0.4, -0.2) is 18.2 Å². The molecule has 0 bridgehead atoms. The van der Waals surface area contributed by atoms with Crippen LogP contribution < -0.4 is 0 Å². The van der Waals surface area contributed by atoms with Crippen LogP contribution in [0.4, 0.5) is 0 Å². The largest absolute Gasteiger partial charge is 0.228 e. The van der Waals surface area contributed by atoms with Gasteiger partial charge in [0.15, 0.2) is 9.84 Å². The van der Waals surface area contributed by atoms with Gasteiger partial charge >= 0.3 is 0 Å². The second-order valence-electron chi connectivity index (χ2n) is 5.88. The summed E-state index contributed by atoms with van der Waals surface area (Å²) >= 11 is 18.3. The Morgan fingerprint density at radius 2 is 1.65 bits per heavy atom. The smallest absolute Gasteiger partial charge is 0.158 e. The number of aryl methyl sites for hydroxylation is 1. The average Bonchev–Trinajstić information content (AvgIpc) is 2.86. The molecule has 0 saturated carbocycles. The highest BCUT2D eigenvalue weighted by molar-refractivity contribution is 7.89. The van der Waals surface area contributed by atoms with Gasteiger partial charge in [-0.25, -0.2) is 13.1 Å². The quantitative estimate of drug-likeness (QED) is 0.556. The Balaban J connectivity index is 1.88. The molecule has 1 aromatic heterocycles. The zero-order valence-corrected chi connectivity index (χ0v) is 16.9. The number of hydrogen-bond donors (Lipinski definition) is 0. The van der Waals surface area contributed by atoms with Gasteiger partial charge in [0.25, 0.3) is 0 Å². The van der Waals surface area contributed by atoms with Gasteiger partial charge in [-0.05, 0) is 36.8 Å². The summed E-state index contributed by atoms with van der Waals surface area (Å²) in [4.78, 5) is 0. The monoisotopic (exact) mass is 428 g/mol. The third kappa shape index (κ3) is 4.23. The summed E-state index contributed by atoms with van der Waals surface area (Å²) in [6, 6.07) is 14.1. The van der Waals surface area contributed by atoms with Crippen LogP contribution in [0.25, 0.3) is 5.69 Å². The molecule has 3 aromatic rings. The maximum absolute atomic E-state index is 12.6. The number of aromatic nitrogens is 2. The Morgan fingerprint density at radius 1 is 0.962 bits per heavy atom. The lowest BCUT2D eigenvalue weighted by atomic mass is 10.2. The Labute approximate surface area is 167 Å². The molecule has 3 rings (SSSR count). The van der Waals surface area contributed by atoms with Crippen LogP contribution in [0.1, 0.15) is 16.8 Å². The molecular weight excluding hydrogens is 415 g/mol. The number of nitrogens with zero attached hydrogens (tertiary/aromatic N) is 2. The minimum Gasteiger partial charge on any atom is -0.228 e. The maximum Gasteiger partial charge on any atom is 0.158 e. The first kappa shape index (κ1) is 19.2. The second kappa shape index (κ2) is 7.61. The molecule has 0 aliphatic carbocycles. The molecule has 0 radical (unpaired) electrons. The zero-order chi connectivity index (χ0) is 18.9. The van der Waals surface area contributed by atoms with Crippen LogP contribution in [0.3, 0.4) is 0 Å². The van der Waals surface area contributed by atoms with Crippen LogP contribution in [0, 0.1) is 6.92 Å². The van der Waals surface area contributed by atoms with E-state index in [1.54, 1.807) is 29.8 Å². The van der Waals surface area contributed by atoms with Crippen molar-refractivity contribution in [1.29, 1.82) is 0 Å². The van der Waals surface area contributed by atoms with E-state index in [0.29, 0.717) is 32.0 Å². The molecule has 136 valence electrons. The number of halogens is 3.